The van der Waals surface area contributed by atoms with Gasteiger partial charge < -0.3 is 24.9 Å². The zero-order valence-electron chi connectivity index (χ0n) is 21.5. The second-order valence-electron chi connectivity index (χ2n) is 8.84. The lowest BCUT2D eigenvalue weighted by Gasteiger charge is -2.26. The minimum absolute atomic E-state index is 0.219. The number of aliphatic hydroxyl groups is 1. The van der Waals surface area contributed by atoms with Crippen molar-refractivity contribution in [2.75, 3.05) is 39.4 Å². The molecule has 1 amide bonds. The molecule has 37 heavy (non-hydrogen) atoms. The lowest BCUT2D eigenvalue weighted by molar-refractivity contribution is -0.122. The molecule has 0 unspecified atom stereocenters. The van der Waals surface area contributed by atoms with Crippen LogP contribution >= 0.6 is 0 Å². The Morgan fingerprint density at radius 1 is 1.08 bits per heavy atom. The summed E-state index contributed by atoms with van der Waals surface area (Å²) in [6, 6.07) is 9.47. The molecule has 2 aromatic rings. The molecule has 1 aromatic carbocycles. The SMILES string of the molecule is CCC(=O)[C@@H](NC(=O)c1ccc(C#CC#Cc2ccc(CNCCCN3CCOCC3)o2)cc1)[C@H](C)O. The number of carbonyl (C=O) groups excluding carboxylic acids is 2. The molecule has 0 saturated carbocycles. The van der Waals surface area contributed by atoms with Gasteiger partial charge in [-0.25, -0.2) is 0 Å². The highest BCUT2D eigenvalue weighted by atomic mass is 16.5. The molecular weight excluding hydrogens is 470 g/mol. The molecule has 1 aliphatic rings. The van der Waals surface area contributed by atoms with Gasteiger partial charge in [0.2, 0.25) is 0 Å². The fourth-order valence-electron chi connectivity index (χ4n) is 3.82. The molecule has 2 heterocycles. The van der Waals surface area contributed by atoms with Crippen molar-refractivity contribution in [3.63, 3.8) is 0 Å². The predicted molar refractivity (Wildman–Crippen MR) is 141 cm³/mol. The topological polar surface area (TPSA) is 104 Å². The van der Waals surface area contributed by atoms with Crippen LogP contribution in [-0.4, -0.2) is 73.2 Å². The van der Waals surface area contributed by atoms with Crippen LogP contribution in [0.25, 0.3) is 0 Å². The zero-order valence-corrected chi connectivity index (χ0v) is 21.5. The first-order valence-electron chi connectivity index (χ1n) is 12.7. The highest BCUT2D eigenvalue weighted by Crippen LogP contribution is 2.07. The number of benzene rings is 1. The predicted octanol–water partition coefficient (Wildman–Crippen LogP) is 1.95. The Labute approximate surface area is 218 Å². The molecule has 196 valence electrons. The molecule has 0 radical (unpaired) electrons. The molecular formula is C29H35N3O5. The van der Waals surface area contributed by atoms with Crippen molar-refractivity contribution in [2.45, 2.75) is 45.4 Å². The first-order chi connectivity index (χ1) is 18.0. The number of rotatable bonds is 11. The van der Waals surface area contributed by atoms with Gasteiger partial charge in [0, 0.05) is 30.6 Å². The summed E-state index contributed by atoms with van der Waals surface area (Å²) in [6.45, 7) is 9.50. The number of hydrogen-bond acceptors (Lipinski definition) is 7. The number of ketones is 1. The Morgan fingerprint density at radius 2 is 1.81 bits per heavy atom. The third-order valence-corrected chi connectivity index (χ3v) is 5.96. The van der Waals surface area contributed by atoms with Crippen LogP contribution in [-0.2, 0) is 16.1 Å². The van der Waals surface area contributed by atoms with E-state index in [4.69, 9.17) is 9.15 Å². The lowest BCUT2D eigenvalue weighted by Crippen LogP contribution is -2.47. The van der Waals surface area contributed by atoms with Gasteiger partial charge in [0.25, 0.3) is 5.91 Å². The Kier molecular flexibility index (Phi) is 11.4. The molecule has 1 aliphatic heterocycles. The van der Waals surface area contributed by atoms with E-state index in [0.717, 1.165) is 51.6 Å². The summed E-state index contributed by atoms with van der Waals surface area (Å²) in [5.74, 6) is 12.2. The number of ether oxygens (including phenoxy) is 1. The van der Waals surface area contributed by atoms with E-state index in [1.807, 2.05) is 12.1 Å². The van der Waals surface area contributed by atoms with Gasteiger partial charge in [-0.1, -0.05) is 12.8 Å². The molecule has 8 nitrogen and oxygen atoms in total. The highest BCUT2D eigenvalue weighted by Gasteiger charge is 2.24. The molecule has 1 saturated heterocycles. The second-order valence-corrected chi connectivity index (χ2v) is 8.84. The highest BCUT2D eigenvalue weighted by molar-refractivity contribution is 5.98. The van der Waals surface area contributed by atoms with Crippen LogP contribution in [0.4, 0.5) is 0 Å². The van der Waals surface area contributed by atoms with E-state index in [1.165, 1.54) is 6.92 Å². The van der Waals surface area contributed by atoms with Crippen molar-refractivity contribution in [3.8, 4) is 23.7 Å². The Hall–Kier alpha value is -3.40. The van der Waals surface area contributed by atoms with Crippen LogP contribution in [0.3, 0.4) is 0 Å². The smallest absolute Gasteiger partial charge is 0.251 e. The number of aliphatic hydroxyl groups excluding tert-OH is 1. The van der Waals surface area contributed by atoms with Crippen LogP contribution in [0.5, 0.6) is 0 Å². The number of carbonyl (C=O) groups is 2. The van der Waals surface area contributed by atoms with E-state index >= 15 is 0 Å². The number of morpholine rings is 1. The normalized spacial score (nSPS) is 15.0. The number of amides is 1. The monoisotopic (exact) mass is 505 g/mol. The van der Waals surface area contributed by atoms with Crippen LogP contribution in [0.15, 0.2) is 40.8 Å². The van der Waals surface area contributed by atoms with E-state index < -0.39 is 18.1 Å². The van der Waals surface area contributed by atoms with E-state index in [1.54, 1.807) is 31.2 Å². The quantitative estimate of drug-likeness (QED) is 0.317. The van der Waals surface area contributed by atoms with Crippen molar-refractivity contribution in [1.29, 1.82) is 0 Å². The summed E-state index contributed by atoms with van der Waals surface area (Å²) in [5, 5.41) is 15.8. The molecule has 1 fully saturated rings. The molecule has 1 aromatic heterocycles. The fraction of sp³-hybridized carbons (Fsp3) is 0.448. The zero-order chi connectivity index (χ0) is 26.5. The number of nitrogens with one attached hydrogen (secondary N) is 2. The van der Waals surface area contributed by atoms with E-state index in [0.29, 0.717) is 23.4 Å². The van der Waals surface area contributed by atoms with Gasteiger partial charge in [0.05, 0.1) is 25.9 Å². The summed E-state index contributed by atoms with van der Waals surface area (Å²) in [5.41, 5.74) is 1.08. The molecule has 3 N–H and O–H groups in total. The Bertz CT molecular complexity index is 1140. The van der Waals surface area contributed by atoms with Gasteiger partial charge in [0.15, 0.2) is 11.5 Å². The Morgan fingerprint density at radius 3 is 2.51 bits per heavy atom. The van der Waals surface area contributed by atoms with Gasteiger partial charge >= 0.3 is 0 Å². The van der Waals surface area contributed by atoms with Crippen LogP contribution in [0.1, 0.15) is 54.1 Å². The molecule has 0 spiro atoms. The summed E-state index contributed by atoms with van der Waals surface area (Å²) in [6.07, 6.45) is 0.347. The van der Waals surface area contributed by atoms with Crippen molar-refractivity contribution in [2.24, 2.45) is 0 Å². The maximum Gasteiger partial charge on any atom is 0.251 e. The van der Waals surface area contributed by atoms with Gasteiger partial charge in [0.1, 0.15) is 11.8 Å². The van der Waals surface area contributed by atoms with Gasteiger partial charge in [-0.3, -0.25) is 14.5 Å². The minimum atomic E-state index is -0.966. The second kappa shape index (κ2) is 15.0. The van der Waals surface area contributed by atoms with E-state index in [2.05, 4.69) is 39.2 Å². The number of nitrogens with zero attached hydrogens (tertiary/aromatic N) is 1. The maximum absolute atomic E-state index is 12.4. The summed E-state index contributed by atoms with van der Waals surface area (Å²) in [4.78, 5) is 26.8. The average molecular weight is 506 g/mol. The summed E-state index contributed by atoms with van der Waals surface area (Å²) in [7, 11) is 0. The van der Waals surface area contributed by atoms with E-state index in [-0.39, 0.29) is 12.2 Å². The molecule has 0 aliphatic carbocycles. The third-order valence-electron chi connectivity index (χ3n) is 5.96. The number of Topliss-reactive ketones (excluding diaryl/α,β-unsaturated/α-hetero) is 1. The molecule has 8 heteroatoms. The first-order valence-corrected chi connectivity index (χ1v) is 12.7. The van der Waals surface area contributed by atoms with E-state index in [9.17, 15) is 14.7 Å². The van der Waals surface area contributed by atoms with Crippen molar-refractivity contribution in [3.05, 3.63) is 59.0 Å². The van der Waals surface area contributed by atoms with Gasteiger partial charge in [-0.05, 0) is 80.6 Å². The average Bonchev–Trinajstić information content (AvgIpc) is 3.37. The molecule has 3 rings (SSSR count). The van der Waals surface area contributed by atoms with Crippen LogP contribution in [0, 0.1) is 23.7 Å². The third kappa shape index (κ3) is 9.53. The molecule has 0 bridgehead atoms. The summed E-state index contributed by atoms with van der Waals surface area (Å²) < 4.78 is 11.1. The van der Waals surface area contributed by atoms with Gasteiger partial charge in [-0.2, -0.15) is 0 Å². The van der Waals surface area contributed by atoms with Crippen molar-refractivity contribution < 1.29 is 23.8 Å². The van der Waals surface area contributed by atoms with Crippen molar-refractivity contribution in [1.82, 2.24) is 15.5 Å². The number of hydrogen-bond donors (Lipinski definition) is 3. The minimum Gasteiger partial charge on any atom is -0.451 e. The Balaban J connectivity index is 1.42. The van der Waals surface area contributed by atoms with Crippen molar-refractivity contribution >= 4 is 11.7 Å². The maximum atomic E-state index is 12.4. The van der Waals surface area contributed by atoms with Crippen LogP contribution in [0.2, 0.25) is 0 Å². The van der Waals surface area contributed by atoms with Crippen LogP contribution < -0.4 is 10.6 Å². The largest absolute Gasteiger partial charge is 0.451 e. The molecule has 2 atom stereocenters. The standard InChI is InChI=1S/C29H35N3O5/c1-3-27(34)28(22(2)33)31-29(35)24-11-9-23(10-12-24)7-4-5-8-25-13-14-26(37-25)21-30-15-6-16-32-17-19-36-20-18-32/h9-14,22,28,30,33H,3,6,15-21H2,1-2H3,(H,31,35)/t22-,28-/m0/s1. The van der Waals surface area contributed by atoms with Gasteiger partial charge in [-0.15, -0.1) is 0 Å². The lowest BCUT2D eigenvalue weighted by atomic mass is 10.0. The first kappa shape index (κ1) is 28.2. The number of furan rings is 1. The summed E-state index contributed by atoms with van der Waals surface area (Å²) >= 11 is 0. The fourth-order valence-corrected chi connectivity index (χ4v) is 3.82.